The van der Waals surface area contributed by atoms with Crippen molar-refractivity contribution < 1.29 is 9.53 Å². The minimum atomic E-state index is -0.211. The number of hydrogen-bond acceptors (Lipinski definition) is 2. The lowest BCUT2D eigenvalue weighted by atomic mass is 9.98. The van der Waals surface area contributed by atoms with Crippen LogP contribution in [0.3, 0.4) is 0 Å². The van der Waals surface area contributed by atoms with Crippen LogP contribution in [0.25, 0.3) is 0 Å². The fourth-order valence-electron chi connectivity index (χ4n) is 3.07. The van der Waals surface area contributed by atoms with Crippen LogP contribution < -0.4 is 0 Å². The predicted octanol–water partition coefficient (Wildman–Crippen LogP) is 3.73. The standard InChI is InChI=1S/C17H23NO2/c1-11(2)8-14-9-15(10-16(14)17(19)20-5)18-12(3)6-7-13(18)4/h6-8,10,14-15H,9H2,1-5H3/t14-,15-/m1/s1. The Morgan fingerprint density at radius 3 is 2.40 bits per heavy atom. The predicted molar refractivity (Wildman–Crippen MR) is 80.6 cm³/mol. The molecule has 1 aliphatic carbocycles. The summed E-state index contributed by atoms with van der Waals surface area (Å²) in [4.78, 5) is 12.0. The molecule has 0 saturated carbocycles. The van der Waals surface area contributed by atoms with Gasteiger partial charge < -0.3 is 9.30 Å². The molecule has 0 aromatic carbocycles. The first-order valence-corrected chi connectivity index (χ1v) is 7.03. The van der Waals surface area contributed by atoms with Crippen LogP contribution in [-0.2, 0) is 9.53 Å². The maximum atomic E-state index is 12.0. The number of methoxy groups -OCH3 is 1. The molecule has 3 nitrogen and oxygen atoms in total. The molecule has 3 heteroatoms. The SMILES string of the molecule is COC(=O)C1=C[C@H](n2c(C)ccc2C)C[C@H]1C=C(C)C. The van der Waals surface area contributed by atoms with Crippen molar-refractivity contribution in [2.75, 3.05) is 7.11 Å². The molecule has 108 valence electrons. The average molecular weight is 273 g/mol. The van der Waals surface area contributed by atoms with Crippen LogP contribution in [-0.4, -0.2) is 17.6 Å². The van der Waals surface area contributed by atoms with Gasteiger partial charge in [-0.3, -0.25) is 0 Å². The van der Waals surface area contributed by atoms with E-state index in [1.165, 1.54) is 24.1 Å². The number of aryl methyl sites for hydroxylation is 2. The lowest BCUT2D eigenvalue weighted by Crippen LogP contribution is -2.11. The average Bonchev–Trinajstić information content (AvgIpc) is 2.92. The fourth-order valence-corrected chi connectivity index (χ4v) is 3.07. The van der Waals surface area contributed by atoms with Gasteiger partial charge >= 0.3 is 5.97 Å². The van der Waals surface area contributed by atoms with Gasteiger partial charge in [-0.05, 0) is 46.2 Å². The molecule has 1 aromatic rings. The third-order valence-electron chi connectivity index (χ3n) is 3.88. The molecule has 0 spiro atoms. The van der Waals surface area contributed by atoms with Crippen LogP contribution in [0.5, 0.6) is 0 Å². The quantitative estimate of drug-likeness (QED) is 0.620. The van der Waals surface area contributed by atoms with E-state index >= 15 is 0 Å². The van der Waals surface area contributed by atoms with Gasteiger partial charge in [0.15, 0.2) is 0 Å². The minimum Gasteiger partial charge on any atom is -0.466 e. The molecule has 20 heavy (non-hydrogen) atoms. The summed E-state index contributed by atoms with van der Waals surface area (Å²) in [5.41, 5.74) is 4.47. The van der Waals surface area contributed by atoms with Crippen LogP contribution in [0, 0.1) is 19.8 Å². The zero-order chi connectivity index (χ0) is 14.9. The van der Waals surface area contributed by atoms with Gasteiger partial charge in [-0.15, -0.1) is 0 Å². The molecule has 1 aromatic heterocycles. The zero-order valence-electron chi connectivity index (χ0n) is 12.9. The molecule has 1 aliphatic rings. The van der Waals surface area contributed by atoms with Gasteiger partial charge in [0.2, 0.25) is 0 Å². The first kappa shape index (κ1) is 14.6. The number of carbonyl (C=O) groups excluding carboxylic acids is 1. The number of carbonyl (C=O) groups is 1. The minimum absolute atomic E-state index is 0.152. The smallest absolute Gasteiger partial charge is 0.334 e. The van der Waals surface area contributed by atoms with E-state index in [-0.39, 0.29) is 17.9 Å². The monoisotopic (exact) mass is 273 g/mol. The van der Waals surface area contributed by atoms with Crippen molar-refractivity contribution >= 4 is 5.97 Å². The molecule has 0 aliphatic heterocycles. The molecule has 2 atom stereocenters. The van der Waals surface area contributed by atoms with Crippen LogP contribution in [0.4, 0.5) is 0 Å². The summed E-state index contributed by atoms with van der Waals surface area (Å²) in [6.07, 6.45) is 5.15. The number of rotatable bonds is 3. The summed E-state index contributed by atoms with van der Waals surface area (Å²) >= 11 is 0. The van der Waals surface area contributed by atoms with Crippen LogP contribution in [0.2, 0.25) is 0 Å². The Kier molecular flexibility index (Phi) is 4.17. The number of esters is 1. The zero-order valence-corrected chi connectivity index (χ0v) is 12.9. The van der Waals surface area contributed by atoms with Crippen LogP contribution in [0.1, 0.15) is 37.7 Å². The molecule has 0 amide bonds. The fraction of sp³-hybridized carbons (Fsp3) is 0.471. The number of hydrogen-bond donors (Lipinski definition) is 0. The molecule has 0 unspecified atom stereocenters. The van der Waals surface area contributed by atoms with E-state index in [1.807, 2.05) is 0 Å². The normalized spacial score (nSPS) is 21.6. The van der Waals surface area contributed by atoms with E-state index in [2.05, 4.69) is 56.5 Å². The second kappa shape index (κ2) is 5.70. The van der Waals surface area contributed by atoms with Gasteiger partial charge in [-0.2, -0.15) is 0 Å². The highest BCUT2D eigenvalue weighted by Crippen LogP contribution is 2.37. The molecule has 0 radical (unpaired) electrons. The second-order valence-corrected chi connectivity index (χ2v) is 5.75. The number of allylic oxidation sites excluding steroid dienone is 3. The van der Waals surface area contributed by atoms with E-state index < -0.39 is 0 Å². The highest BCUT2D eigenvalue weighted by atomic mass is 16.5. The van der Waals surface area contributed by atoms with Gasteiger partial charge in [0.05, 0.1) is 13.2 Å². The third-order valence-corrected chi connectivity index (χ3v) is 3.88. The molecular weight excluding hydrogens is 250 g/mol. The van der Waals surface area contributed by atoms with E-state index in [9.17, 15) is 4.79 Å². The molecule has 1 heterocycles. The molecule has 0 fully saturated rings. The lowest BCUT2D eigenvalue weighted by Gasteiger charge is -2.17. The lowest BCUT2D eigenvalue weighted by molar-refractivity contribution is -0.136. The highest BCUT2D eigenvalue weighted by molar-refractivity contribution is 5.90. The Bertz CT molecular complexity index is 554. The number of aromatic nitrogens is 1. The third kappa shape index (κ3) is 2.72. The summed E-state index contributed by atoms with van der Waals surface area (Å²) in [6, 6.07) is 4.48. The summed E-state index contributed by atoms with van der Waals surface area (Å²) in [7, 11) is 1.45. The van der Waals surface area contributed by atoms with Crippen molar-refractivity contribution in [2.45, 2.75) is 40.2 Å². The largest absolute Gasteiger partial charge is 0.466 e. The van der Waals surface area contributed by atoms with Gasteiger partial charge in [-0.25, -0.2) is 4.79 Å². The first-order chi connectivity index (χ1) is 9.43. The Labute approximate surface area is 120 Å². The van der Waals surface area contributed by atoms with E-state index in [4.69, 9.17) is 4.74 Å². The van der Waals surface area contributed by atoms with Gasteiger partial charge in [0, 0.05) is 22.9 Å². The summed E-state index contributed by atoms with van der Waals surface area (Å²) in [5, 5.41) is 0. The summed E-state index contributed by atoms with van der Waals surface area (Å²) < 4.78 is 7.22. The molecule has 0 bridgehead atoms. The van der Waals surface area contributed by atoms with E-state index in [1.54, 1.807) is 0 Å². The van der Waals surface area contributed by atoms with Crippen molar-refractivity contribution in [3.63, 3.8) is 0 Å². The van der Waals surface area contributed by atoms with Crippen LogP contribution >= 0.6 is 0 Å². The van der Waals surface area contributed by atoms with Gasteiger partial charge in [-0.1, -0.05) is 17.7 Å². The van der Waals surface area contributed by atoms with Gasteiger partial charge in [0.25, 0.3) is 0 Å². The first-order valence-electron chi connectivity index (χ1n) is 7.03. The van der Waals surface area contributed by atoms with E-state index in [0.29, 0.717) is 0 Å². The van der Waals surface area contributed by atoms with E-state index in [0.717, 1.165) is 12.0 Å². The Morgan fingerprint density at radius 1 is 1.30 bits per heavy atom. The Balaban J connectivity index is 2.38. The van der Waals surface area contributed by atoms with Crippen molar-refractivity contribution in [3.05, 3.63) is 46.8 Å². The number of ether oxygens (including phenoxy) is 1. The molecule has 0 N–H and O–H groups in total. The van der Waals surface area contributed by atoms with Crippen molar-refractivity contribution in [3.8, 4) is 0 Å². The van der Waals surface area contributed by atoms with Crippen molar-refractivity contribution in [1.82, 2.24) is 4.57 Å². The molecular formula is C17H23NO2. The topological polar surface area (TPSA) is 31.2 Å². The van der Waals surface area contributed by atoms with Gasteiger partial charge in [0.1, 0.15) is 0 Å². The maximum Gasteiger partial charge on any atom is 0.334 e. The maximum absolute atomic E-state index is 12.0. The Hall–Kier alpha value is -1.77. The number of nitrogens with zero attached hydrogens (tertiary/aromatic N) is 1. The second-order valence-electron chi connectivity index (χ2n) is 5.75. The molecule has 2 rings (SSSR count). The summed E-state index contributed by atoms with van der Waals surface area (Å²) in [5.74, 6) is -0.0592. The van der Waals surface area contributed by atoms with Crippen molar-refractivity contribution in [1.29, 1.82) is 0 Å². The van der Waals surface area contributed by atoms with Crippen LogP contribution in [0.15, 0.2) is 35.4 Å². The Morgan fingerprint density at radius 2 is 1.90 bits per heavy atom. The van der Waals surface area contributed by atoms with Crippen molar-refractivity contribution in [2.24, 2.45) is 5.92 Å². The summed E-state index contributed by atoms with van der Waals surface area (Å²) in [6.45, 7) is 8.34. The molecule has 0 saturated heterocycles. The highest BCUT2D eigenvalue weighted by Gasteiger charge is 2.31.